The van der Waals surface area contributed by atoms with E-state index in [1.807, 2.05) is 45.9 Å². The average Bonchev–Trinajstić information content (AvgIpc) is 2.67. The summed E-state index contributed by atoms with van der Waals surface area (Å²) in [5.41, 5.74) is 1.37. The van der Waals surface area contributed by atoms with Crippen LogP contribution in [-0.4, -0.2) is 20.8 Å². The first-order valence-electron chi connectivity index (χ1n) is 8.03. The number of rotatable bonds is 2. The molecule has 0 aliphatic rings. The summed E-state index contributed by atoms with van der Waals surface area (Å²) in [4.78, 5) is 25.5. The standard InChI is InChI=1S/C18H26N2O3/c1-11(2)13-9-8-10-14-15(13)20(16(21)19(14)12(3)4)17(22)23-18(5,6)7/h8-12H,1-7H3. The van der Waals surface area contributed by atoms with Crippen molar-refractivity contribution in [2.24, 2.45) is 0 Å². The highest BCUT2D eigenvalue weighted by Crippen LogP contribution is 2.27. The Morgan fingerprint density at radius 3 is 2.22 bits per heavy atom. The van der Waals surface area contributed by atoms with Crippen LogP contribution in [0.3, 0.4) is 0 Å². The lowest BCUT2D eigenvalue weighted by atomic mass is 10.0. The molecule has 0 N–H and O–H groups in total. The fraction of sp³-hybridized carbons (Fsp3) is 0.556. The quantitative estimate of drug-likeness (QED) is 0.830. The van der Waals surface area contributed by atoms with Gasteiger partial charge in [-0.25, -0.2) is 9.59 Å². The van der Waals surface area contributed by atoms with Crippen LogP contribution < -0.4 is 5.69 Å². The predicted molar refractivity (Wildman–Crippen MR) is 92.3 cm³/mol. The third kappa shape index (κ3) is 3.19. The molecule has 1 heterocycles. The van der Waals surface area contributed by atoms with Gasteiger partial charge in [0.2, 0.25) is 0 Å². The van der Waals surface area contributed by atoms with Gasteiger partial charge in [0.15, 0.2) is 0 Å². The highest BCUT2D eigenvalue weighted by atomic mass is 16.6. The van der Waals surface area contributed by atoms with E-state index in [2.05, 4.69) is 0 Å². The molecular weight excluding hydrogens is 292 g/mol. The molecule has 126 valence electrons. The molecule has 1 aromatic heterocycles. The second kappa shape index (κ2) is 5.87. The molecule has 2 rings (SSSR count). The minimum atomic E-state index is -0.657. The second-order valence-corrected chi connectivity index (χ2v) is 7.43. The third-order valence-corrected chi connectivity index (χ3v) is 3.64. The van der Waals surface area contributed by atoms with Crippen molar-refractivity contribution >= 4 is 17.1 Å². The Kier molecular flexibility index (Phi) is 4.42. The number of benzene rings is 1. The Balaban J connectivity index is 2.85. The number of imidazole rings is 1. The van der Waals surface area contributed by atoms with E-state index in [9.17, 15) is 9.59 Å². The van der Waals surface area contributed by atoms with Crippen LogP contribution in [0.15, 0.2) is 23.0 Å². The molecular formula is C18H26N2O3. The zero-order valence-corrected chi connectivity index (χ0v) is 15.0. The lowest BCUT2D eigenvalue weighted by Gasteiger charge is -2.19. The molecule has 0 radical (unpaired) electrons. The number of aromatic nitrogens is 2. The van der Waals surface area contributed by atoms with Crippen LogP contribution in [0, 0.1) is 0 Å². The molecule has 0 bridgehead atoms. The van der Waals surface area contributed by atoms with E-state index in [1.165, 1.54) is 4.57 Å². The van der Waals surface area contributed by atoms with Crippen LogP contribution in [0.25, 0.3) is 11.0 Å². The molecule has 2 aromatic rings. The van der Waals surface area contributed by atoms with Gasteiger partial charge in [0.05, 0.1) is 11.0 Å². The van der Waals surface area contributed by atoms with E-state index in [0.717, 1.165) is 11.1 Å². The van der Waals surface area contributed by atoms with Crippen molar-refractivity contribution in [3.8, 4) is 0 Å². The van der Waals surface area contributed by atoms with Gasteiger partial charge in [0.25, 0.3) is 0 Å². The molecule has 0 aliphatic heterocycles. The lowest BCUT2D eigenvalue weighted by Crippen LogP contribution is -2.35. The van der Waals surface area contributed by atoms with Gasteiger partial charge in [-0.3, -0.25) is 4.57 Å². The number of carbonyl (C=O) groups excluding carboxylic acids is 1. The van der Waals surface area contributed by atoms with Crippen LogP contribution >= 0.6 is 0 Å². The van der Waals surface area contributed by atoms with E-state index in [1.54, 1.807) is 25.3 Å². The van der Waals surface area contributed by atoms with Gasteiger partial charge < -0.3 is 4.74 Å². The molecule has 0 saturated carbocycles. The summed E-state index contributed by atoms with van der Waals surface area (Å²) in [5.74, 6) is 0.190. The Labute approximate surface area is 136 Å². The predicted octanol–water partition coefficient (Wildman–Crippen LogP) is 4.29. The van der Waals surface area contributed by atoms with Crippen molar-refractivity contribution in [3.63, 3.8) is 0 Å². The smallest absolute Gasteiger partial charge is 0.423 e. The number of hydrogen-bond donors (Lipinski definition) is 0. The van der Waals surface area contributed by atoms with Gasteiger partial charge >= 0.3 is 11.8 Å². The third-order valence-electron chi connectivity index (χ3n) is 3.64. The molecule has 0 fully saturated rings. The zero-order chi connectivity index (χ0) is 17.5. The Morgan fingerprint density at radius 1 is 1.13 bits per heavy atom. The van der Waals surface area contributed by atoms with E-state index in [0.29, 0.717) is 5.52 Å². The normalized spacial score (nSPS) is 12.4. The first kappa shape index (κ1) is 17.3. The van der Waals surface area contributed by atoms with Crippen molar-refractivity contribution in [1.29, 1.82) is 0 Å². The maximum atomic E-state index is 12.9. The molecule has 1 aromatic carbocycles. The van der Waals surface area contributed by atoms with Crippen molar-refractivity contribution in [3.05, 3.63) is 34.2 Å². The molecule has 0 aliphatic carbocycles. The van der Waals surface area contributed by atoms with Gasteiger partial charge in [-0.05, 0) is 52.2 Å². The van der Waals surface area contributed by atoms with Gasteiger partial charge in [-0.2, -0.15) is 4.57 Å². The molecule has 5 nitrogen and oxygen atoms in total. The summed E-state index contributed by atoms with van der Waals surface area (Å²) in [6.07, 6.45) is -0.625. The first-order valence-corrected chi connectivity index (χ1v) is 8.03. The molecule has 0 saturated heterocycles. The van der Waals surface area contributed by atoms with Crippen molar-refractivity contribution < 1.29 is 9.53 Å². The van der Waals surface area contributed by atoms with Crippen LogP contribution in [0.1, 0.15) is 66.0 Å². The molecule has 23 heavy (non-hydrogen) atoms. The number of ether oxygens (including phenoxy) is 1. The summed E-state index contributed by atoms with van der Waals surface area (Å²) < 4.78 is 8.27. The molecule has 0 amide bonds. The van der Waals surface area contributed by atoms with Crippen molar-refractivity contribution in [2.45, 2.75) is 66.0 Å². The fourth-order valence-electron chi connectivity index (χ4n) is 2.74. The van der Waals surface area contributed by atoms with E-state index < -0.39 is 11.7 Å². The monoisotopic (exact) mass is 318 g/mol. The summed E-state index contributed by atoms with van der Waals surface area (Å²) in [7, 11) is 0. The van der Waals surface area contributed by atoms with Gasteiger partial charge in [-0.1, -0.05) is 26.0 Å². The maximum Gasteiger partial charge on any atom is 0.423 e. The number of fused-ring (bicyclic) bond motifs is 1. The van der Waals surface area contributed by atoms with Crippen LogP contribution in [0.4, 0.5) is 4.79 Å². The van der Waals surface area contributed by atoms with Crippen LogP contribution in [-0.2, 0) is 4.74 Å². The molecule has 0 spiro atoms. The summed E-state index contributed by atoms with van der Waals surface area (Å²) in [5, 5.41) is 0. The minimum Gasteiger partial charge on any atom is -0.443 e. The lowest BCUT2D eigenvalue weighted by molar-refractivity contribution is 0.0536. The highest BCUT2D eigenvalue weighted by Gasteiger charge is 2.26. The van der Waals surface area contributed by atoms with E-state index in [4.69, 9.17) is 4.74 Å². The Bertz CT molecular complexity index is 789. The first-order chi connectivity index (χ1) is 10.5. The van der Waals surface area contributed by atoms with Crippen molar-refractivity contribution in [2.75, 3.05) is 0 Å². The second-order valence-electron chi connectivity index (χ2n) is 7.43. The average molecular weight is 318 g/mol. The minimum absolute atomic E-state index is 0.0453. The molecule has 0 atom stereocenters. The largest absolute Gasteiger partial charge is 0.443 e. The molecule has 5 heteroatoms. The van der Waals surface area contributed by atoms with Gasteiger partial charge in [-0.15, -0.1) is 0 Å². The van der Waals surface area contributed by atoms with E-state index >= 15 is 0 Å². The summed E-state index contributed by atoms with van der Waals surface area (Å²) in [6.45, 7) is 13.3. The van der Waals surface area contributed by atoms with Crippen LogP contribution in [0.5, 0.6) is 0 Å². The summed E-state index contributed by atoms with van der Waals surface area (Å²) >= 11 is 0. The van der Waals surface area contributed by atoms with E-state index in [-0.39, 0.29) is 17.6 Å². The number of para-hydroxylation sites is 1. The highest BCUT2D eigenvalue weighted by molar-refractivity contribution is 5.89. The van der Waals surface area contributed by atoms with Gasteiger partial charge in [0, 0.05) is 6.04 Å². The SMILES string of the molecule is CC(C)c1cccc2c1n(C(=O)OC(C)(C)C)c(=O)n2C(C)C. The zero-order valence-electron chi connectivity index (χ0n) is 15.0. The maximum absolute atomic E-state index is 12.9. The number of carbonyl (C=O) groups is 1. The fourth-order valence-corrected chi connectivity index (χ4v) is 2.74. The Hall–Kier alpha value is -2.04. The number of hydrogen-bond acceptors (Lipinski definition) is 3. The van der Waals surface area contributed by atoms with Crippen LogP contribution in [0.2, 0.25) is 0 Å². The number of nitrogens with zero attached hydrogens (tertiary/aromatic N) is 2. The topological polar surface area (TPSA) is 53.2 Å². The van der Waals surface area contributed by atoms with Crippen molar-refractivity contribution in [1.82, 2.24) is 9.13 Å². The molecule has 0 unspecified atom stereocenters. The van der Waals surface area contributed by atoms with Gasteiger partial charge in [0.1, 0.15) is 5.60 Å². The Morgan fingerprint density at radius 2 is 1.74 bits per heavy atom. The summed E-state index contributed by atoms with van der Waals surface area (Å²) in [6, 6.07) is 5.72.